The Balaban J connectivity index is 1.50. The third-order valence-electron chi connectivity index (χ3n) is 5.23. The molecule has 0 spiro atoms. The molecule has 0 atom stereocenters. The summed E-state index contributed by atoms with van der Waals surface area (Å²) in [7, 11) is 1.61. The molecule has 2 aromatic carbocycles. The number of carbonyl (C=O) groups is 1. The van der Waals surface area contributed by atoms with Gasteiger partial charge in [0, 0.05) is 12.0 Å². The Bertz CT molecular complexity index is 708. The summed E-state index contributed by atoms with van der Waals surface area (Å²) in [4.78, 5) is 12.3. The molecular formula is C22H27NO3. The van der Waals surface area contributed by atoms with Crippen LogP contribution in [0.3, 0.4) is 0 Å². The van der Waals surface area contributed by atoms with Crippen LogP contribution in [0.5, 0.6) is 11.5 Å². The van der Waals surface area contributed by atoms with Gasteiger partial charge in [0.05, 0.1) is 20.1 Å². The fraction of sp³-hybridized carbons (Fsp3) is 0.409. The second-order valence-corrected chi connectivity index (χ2v) is 6.88. The first-order chi connectivity index (χ1) is 12.7. The first-order valence-corrected chi connectivity index (χ1v) is 9.32. The molecule has 2 aromatic rings. The lowest BCUT2D eigenvalue weighted by Crippen LogP contribution is -2.39. The van der Waals surface area contributed by atoms with Crippen molar-refractivity contribution in [3.63, 3.8) is 0 Å². The number of carbonyl (C=O) groups excluding carboxylic acids is 1. The van der Waals surface area contributed by atoms with E-state index < -0.39 is 0 Å². The summed E-state index contributed by atoms with van der Waals surface area (Å²) in [5, 5.41) is 3.13. The van der Waals surface area contributed by atoms with E-state index in [1.165, 1.54) is 18.4 Å². The Morgan fingerprint density at radius 3 is 2.35 bits per heavy atom. The molecule has 0 unspecified atom stereocenters. The number of benzene rings is 2. The number of rotatable bonds is 8. The van der Waals surface area contributed by atoms with Crippen molar-refractivity contribution in [2.45, 2.75) is 37.5 Å². The zero-order chi connectivity index (χ0) is 18.2. The van der Waals surface area contributed by atoms with Crippen LogP contribution < -0.4 is 14.8 Å². The van der Waals surface area contributed by atoms with Crippen LogP contribution in [-0.4, -0.2) is 26.2 Å². The maximum atomic E-state index is 12.3. The predicted molar refractivity (Wildman–Crippen MR) is 103 cm³/mol. The van der Waals surface area contributed by atoms with E-state index in [2.05, 4.69) is 29.6 Å². The van der Waals surface area contributed by atoms with Gasteiger partial charge in [0.2, 0.25) is 5.91 Å². The molecule has 3 rings (SSSR count). The molecule has 1 saturated carbocycles. The van der Waals surface area contributed by atoms with Gasteiger partial charge in [-0.2, -0.15) is 0 Å². The predicted octanol–water partition coefficient (Wildman–Crippen LogP) is 4.09. The summed E-state index contributed by atoms with van der Waals surface area (Å²) in [5.41, 5.74) is 1.42. The minimum atomic E-state index is 0.0297. The zero-order valence-corrected chi connectivity index (χ0v) is 15.4. The molecular weight excluding hydrogens is 326 g/mol. The van der Waals surface area contributed by atoms with Crippen LogP contribution >= 0.6 is 0 Å². The van der Waals surface area contributed by atoms with E-state index in [1.54, 1.807) is 7.11 Å². The SMILES string of the molecule is COc1ccccc1OCCC(=O)NCC1(c2ccccc2)CCCC1. The maximum Gasteiger partial charge on any atom is 0.223 e. The molecule has 4 nitrogen and oxygen atoms in total. The van der Waals surface area contributed by atoms with Gasteiger partial charge in [-0.3, -0.25) is 4.79 Å². The average Bonchev–Trinajstić information content (AvgIpc) is 3.18. The summed E-state index contributed by atoms with van der Waals surface area (Å²) in [5.74, 6) is 1.38. The van der Waals surface area contributed by atoms with E-state index in [0.29, 0.717) is 31.1 Å². The largest absolute Gasteiger partial charge is 0.493 e. The van der Waals surface area contributed by atoms with E-state index in [4.69, 9.17) is 9.47 Å². The second kappa shape index (κ2) is 8.75. The van der Waals surface area contributed by atoms with Crippen LogP contribution in [0.15, 0.2) is 54.6 Å². The van der Waals surface area contributed by atoms with Gasteiger partial charge in [-0.05, 0) is 30.5 Å². The number of nitrogens with one attached hydrogen (secondary N) is 1. The van der Waals surface area contributed by atoms with E-state index in [1.807, 2.05) is 30.3 Å². The van der Waals surface area contributed by atoms with Crippen LogP contribution in [0.1, 0.15) is 37.7 Å². The fourth-order valence-corrected chi connectivity index (χ4v) is 3.76. The van der Waals surface area contributed by atoms with Crippen molar-refractivity contribution in [3.8, 4) is 11.5 Å². The number of hydrogen-bond donors (Lipinski definition) is 1. The molecule has 1 fully saturated rings. The standard InChI is InChI=1S/C22H27NO3/c1-25-19-11-5-6-12-20(19)26-16-13-21(24)23-17-22(14-7-8-15-22)18-9-3-2-4-10-18/h2-6,9-12H,7-8,13-17H2,1H3,(H,23,24). The monoisotopic (exact) mass is 353 g/mol. The molecule has 1 N–H and O–H groups in total. The molecule has 0 aliphatic heterocycles. The minimum Gasteiger partial charge on any atom is -0.493 e. The van der Waals surface area contributed by atoms with Gasteiger partial charge in [-0.1, -0.05) is 55.3 Å². The molecule has 0 bridgehead atoms. The second-order valence-electron chi connectivity index (χ2n) is 6.88. The highest BCUT2D eigenvalue weighted by Gasteiger charge is 2.35. The Labute approximate surface area is 155 Å². The van der Waals surface area contributed by atoms with E-state index in [-0.39, 0.29) is 11.3 Å². The Morgan fingerprint density at radius 1 is 1.00 bits per heavy atom. The quantitative estimate of drug-likeness (QED) is 0.777. The lowest BCUT2D eigenvalue weighted by atomic mass is 9.79. The van der Waals surface area contributed by atoms with Gasteiger partial charge in [0.25, 0.3) is 0 Å². The van der Waals surface area contributed by atoms with Gasteiger partial charge in [-0.15, -0.1) is 0 Å². The van der Waals surface area contributed by atoms with Crippen molar-refractivity contribution < 1.29 is 14.3 Å². The number of para-hydroxylation sites is 2. The first kappa shape index (κ1) is 18.3. The summed E-state index contributed by atoms with van der Waals surface area (Å²) < 4.78 is 10.9. The van der Waals surface area contributed by atoms with Crippen LogP contribution in [0.4, 0.5) is 0 Å². The molecule has 0 radical (unpaired) electrons. The number of ether oxygens (including phenoxy) is 2. The molecule has 26 heavy (non-hydrogen) atoms. The van der Waals surface area contributed by atoms with Gasteiger partial charge in [0.1, 0.15) is 0 Å². The molecule has 1 aliphatic carbocycles. The number of methoxy groups -OCH3 is 1. The van der Waals surface area contributed by atoms with Crippen molar-refractivity contribution in [2.75, 3.05) is 20.3 Å². The highest BCUT2D eigenvalue weighted by atomic mass is 16.5. The normalized spacial score (nSPS) is 15.4. The fourth-order valence-electron chi connectivity index (χ4n) is 3.76. The topological polar surface area (TPSA) is 47.6 Å². The number of hydrogen-bond acceptors (Lipinski definition) is 3. The average molecular weight is 353 g/mol. The van der Waals surface area contributed by atoms with Gasteiger partial charge >= 0.3 is 0 Å². The van der Waals surface area contributed by atoms with Crippen LogP contribution in [0.2, 0.25) is 0 Å². The van der Waals surface area contributed by atoms with Crippen molar-refractivity contribution in [3.05, 3.63) is 60.2 Å². The molecule has 0 heterocycles. The summed E-state index contributed by atoms with van der Waals surface area (Å²) in [6.45, 7) is 1.04. The highest BCUT2D eigenvalue weighted by Crippen LogP contribution is 2.40. The van der Waals surface area contributed by atoms with E-state index >= 15 is 0 Å². The van der Waals surface area contributed by atoms with Crippen LogP contribution in [0.25, 0.3) is 0 Å². The van der Waals surface area contributed by atoms with Crippen molar-refractivity contribution in [1.29, 1.82) is 0 Å². The summed E-state index contributed by atoms with van der Waals surface area (Å²) >= 11 is 0. The molecule has 138 valence electrons. The van der Waals surface area contributed by atoms with Crippen molar-refractivity contribution in [2.24, 2.45) is 0 Å². The Kier molecular flexibility index (Phi) is 6.16. The summed E-state index contributed by atoms with van der Waals surface area (Å²) in [6.07, 6.45) is 5.05. The van der Waals surface area contributed by atoms with Gasteiger partial charge in [0.15, 0.2) is 11.5 Å². The molecule has 1 aliphatic rings. The smallest absolute Gasteiger partial charge is 0.223 e. The van der Waals surface area contributed by atoms with E-state index in [9.17, 15) is 4.79 Å². The molecule has 1 amide bonds. The molecule has 4 heteroatoms. The van der Waals surface area contributed by atoms with Crippen molar-refractivity contribution >= 4 is 5.91 Å². The van der Waals surface area contributed by atoms with Gasteiger partial charge < -0.3 is 14.8 Å². The molecule has 0 saturated heterocycles. The number of amides is 1. The third kappa shape index (κ3) is 4.37. The van der Waals surface area contributed by atoms with E-state index in [0.717, 1.165) is 12.8 Å². The lowest BCUT2D eigenvalue weighted by molar-refractivity contribution is -0.121. The van der Waals surface area contributed by atoms with Crippen molar-refractivity contribution in [1.82, 2.24) is 5.32 Å². The van der Waals surface area contributed by atoms with Gasteiger partial charge in [-0.25, -0.2) is 0 Å². The third-order valence-corrected chi connectivity index (χ3v) is 5.23. The van der Waals surface area contributed by atoms with Crippen LogP contribution in [-0.2, 0) is 10.2 Å². The first-order valence-electron chi connectivity index (χ1n) is 9.32. The summed E-state index contributed by atoms with van der Waals surface area (Å²) in [6, 6.07) is 18.0. The zero-order valence-electron chi connectivity index (χ0n) is 15.4. The maximum absolute atomic E-state index is 12.3. The Hall–Kier alpha value is -2.49. The minimum absolute atomic E-state index is 0.0297. The Morgan fingerprint density at radius 2 is 1.65 bits per heavy atom. The molecule has 0 aromatic heterocycles. The lowest BCUT2D eigenvalue weighted by Gasteiger charge is -2.30. The van der Waals surface area contributed by atoms with Crippen LogP contribution in [0, 0.1) is 0 Å². The highest BCUT2D eigenvalue weighted by molar-refractivity contribution is 5.76.